The second-order valence-corrected chi connectivity index (χ2v) is 6.77. The number of nitrogens with one attached hydrogen (secondary N) is 1. The maximum absolute atomic E-state index is 12.5. The number of aliphatic hydroxyl groups is 1. The molecule has 0 aliphatic rings. The highest BCUT2D eigenvalue weighted by molar-refractivity contribution is 6.38. The molecule has 0 spiro atoms. The lowest BCUT2D eigenvalue weighted by Gasteiger charge is -2.10. The van der Waals surface area contributed by atoms with Gasteiger partial charge in [-0.3, -0.25) is 4.79 Å². The van der Waals surface area contributed by atoms with E-state index in [2.05, 4.69) is 5.32 Å². The fourth-order valence-electron chi connectivity index (χ4n) is 2.49. The lowest BCUT2D eigenvalue weighted by Crippen LogP contribution is -2.12. The van der Waals surface area contributed by atoms with Crippen LogP contribution in [0.3, 0.4) is 0 Å². The Morgan fingerprint density at radius 3 is 2.33 bits per heavy atom. The summed E-state index contributed by atoms with van der Waals surface area (Å²) in [4.78, 5) is 12.5. The van der Waals surface area contributed by atoms with Crippen LogP contribution in [0.15, 0.2) is 46.9 Å². The molecule has 8 heteroatoms. The molecule has 1 aromatic heterocycles. The van der Waals surface area contributed by atoms with Crippen molar-refractivity contribution in [1.29, 1.82) is 0 Å². The van der Waals surface area contributed by atoms with Crippen LogP contribution in [0, 0.1) is 0 Å². The molecule has 3 aromatic rings. The lowest BCUT2D eigenvalue weighted by atomic mass is 10.1. The summed E-state index contributed by atoms with van der Waals surface area (Å²) in [6, 6.07) is 11.3. The quantitative estimate of drug-likeness (QED) is 0.552. The Bertz CT molecular complexity index is 977. The van der Waals surface area contributed by atoms with Gasteiger partial charge >= 0.3 is 0 Å². The zero-order valence-corrected chi connectivity index (χ0v) is 16.3. The van der Waals surface area contributed by atoms with Gasteiger partial charge in [0.15, 0.2) is 5.75 Å². The third-order valence-corrected chi connectivity index (χ3v) is 4.65. The monoisotopic (exact) mass is 425 g/mol. The van der Waals surface area contributed by atoms with E-state index in [0.717, 1.165) is 0 Å². The van der Waals surface area contributed by atoms with Crippen molar-refractivity contribution in [1.82, 2.24) is 0 Å². The maximum atomic E-state index is 12.5. The lowest BCUT2D eigenvalue weighted by molar-refractivity contribution is 0.102. The minimum Gasteiger partial charge on any atom is -0.494 e. The Balaban J connectivity index is 1.82. The van der Waals surface area contributed by atoms with E-state index in [4.69, 9.17) is 49.1 Å². The topological polar surface area (TPSA) is 71.7 Å². The fourth-order valence-corrected chi connectivity index (χ4v) is 3.40. The Kier molecular flexibility index (Phi) is 5.97. The number of carbonyl (C=O) groups excluding carboxylic acids is 1. The summed E-state index contributed by atoms with van der Waals surface area (Å²) in [6.45, 7) is -0.196. The van der Waals surface area contributed by atoms with Gasteiger partial charge < -0.3 is 19.6 Å². The van der Waals surface area contributed by atoms with Crippen LogP contribution in [0.5, 0.6) is 5.75 Å². The molecule has 0 saturated heterocycles. The number of methoxy groups -OCH3 is 1. The average molecular weight is 427 g/mol. The fraction of sp³-hybridized carbons (Fsp3) is 0.105. The van der Waals surface area contributed by atoms with E-state index in [0.29, 0.717) is 33.5 Å². The van der Waals surface area contributed by atoms with Crippen molar-refractivity contribution in [3.05, 3.63) is 68.9 Å². The second kappa shape index (κ2) is 8.23. The molecule has 2 aromatic carbocycles. The van der Waals surface area contributed by atoms with E-state index in [-0.39, 0.29) is 22.2 Å². The van der Waals surface area contributed by atoms with E-state index in [9.17, 15) is 4.79 Å². The third kappa shape index (κ3) is 4.22. The number of carbonyl (C=O) groups is 1. The maximum Gasteiger partial charge on any atom is 0.255 e. The van der Waals surface area contributed by atoms with Crippen molar-refractivity contribution >= 4 is 46.4 Å². The largest absolute Gasteiger partial charge is 0.494 e. The van der Waals surface area contributed by atoms with Gasteiger partial charge in [-0.1, -0.05) is 34.8 Å². The molecule has 0 aliphatic heterocycles. The minimum atomic E-state index is -0.397. The van der Waals surface area contributed by atoms with Gasteiger partial charge in [-0.2, -0.15) is 0 Å². The summed E-state index contributed by atoms with van der Waals surface area (Å²) in [5.41, 5.74) is 1.42. The molecule has 0 radical (unpaired) electrons. The van der Waals surface area contributed by atoms with Crippen LogP contribution < -0.4 is 10.1 Å². The highest BCUT2D eigenvalue weighted by atomic mass is 35.5. The van der Waals surface area contributed by atoms with Crippen LogP contribution in [0.2, 0.25) is 15.1 Å². The summed E-state index contributed by atoms with van der Waals surface area (Å²) >= 11 is 18.4. The summed E-state index contributed by atoms with van der Waals surface area (Å²) in [6.07, 6.45) is 0. The number of hydrogen-bond donors (Lipinski definition) is 2. The van der Waals surface area contributed by atoms with Crippen LogP contribution >= 0.6 is 34.8 Å². The Morgan fingerprint density at radius 1 is 1.07 bits per heavy atom. The molecule has 0 bridgehead atoms. The molecule has 0 unspecified atom stereocenters. The molecule has 5 nitrogen and oxygen atoms in total. The third-order valence-electron chi connectivity index (χ3n) is 3.77. The number of halogens is 3. The minimum absolute atomic E-state index is 0.196. The van der Waals surface area contributed by atoms with Crippen LogP contribution in [0.1, 0.15) is 16.1 Å². The highest BCUT2D eigenvalue weighted by Crippen LogP contribution is 2.35. The van der Waals surface area contributed by atoms with E-state index in [1.54, 1.807) is 30.3 Å². The number of ether oxygens (including phenoxy) is 1. The normalized spacial score (nSPS) is 10.7. The van der Waals surface area contributed by atoms with Gasteiger partial charge in [0.1, 0.15) is 18.1 Å². The SMILES string of the molecule is COc1c(Cl)cc(C(=O)Nc2ccc(-c3ccc(CO)o3)c(Cl)c2)cc1Cl. The molecular formula is C19H14Cl3NO4. The Morgan fingerprint density at radius 2 is 1.78 bits per heavy atom. The first-order valence-electron chi connectivity index (χ1n) is 7.76. The Labute approximate surface area is 170 Å². The molecule has 3 rings (SSSR count). The van der Waals surface area contributed by atoms with Crippen LogP contribution in [-0.2, 0) is 6.61 Å². The van der Waals surface area contributed by atoms with E-state index < -0.39 is 5.91 Å². The van der Waals surface area contributed by atoms with Gasteiger partial charge in [0, 0.05) is 16.8 Å². The molecule has 1 heterocycles. The van der Waals surface area contributed by atoms with Crippen LogP contribution in [0.4, 0.5) is 5.69 Å². The number of furan rings is 1. The van der Waals surface area contributed by atoms with Crippen molar-refractivity contribution < 1.29 is 19.1 Å². The smallest absolute Gasteiger partial charge is 0.255 e. The molecule has 2 N–H and O–H groups in total. The van der Waals surface area contributed by atoms with E-state index in [1.165, 1.54) is 19.2 Å². The standard InChI is InChI=1S/C19H14Cl3NO4/c1-26-18-15(21)6-10(7-16(18)22)19(25)23-11-2-4-13(14(20)8-11)17-5-3-12(9-24)27-17/h2-8,24H,9H2,1H3,(H,23,25). The summed E-state index contributed by atoms with van der Waals surface area (Å²) in [5, 5.41) is 12.7. The molecule has 0 aliphatic carbocycles. The molecule has 0 saturated carbocycles. The molecule has 1 amide bonds. The van der Waals surface area contributed by atoms with Gasteiger partial charge in [0.05, 0.1) is 22.2 Å². The van der Waals surface area contributed by atoms with Crippen molar-refractivity contribution in [2.45, 2.75) is 6.61 Å². The molecule has 0 atom stereocenters. The number of aliphatic hydroxyl groups excluding tert-OH is 1. The van der Waals surface area contributed by atoms with Gasteiger partial charge in [0.2, 0.25) is 0 Å². The number of benzene rings is 2. The molecule has 27 heavy (non-hydrogen) atoms. The van der Waals surface area contributed by atoms with Gasteiger partial charge in [0.25, 0.3) is 5.91 Å². The van der Waals surface area contributed by atoms with E-state index in [1.807, 2.05) is 0 Å². The van der Waals surface area contributed by atoms with Crippen LogP contribution in [-0.4, -0.2) is 18.1 Å². The zero-order chi connectivity index (χ0) is 19.6. The number of hydrogen-bond acceptors (Lipinski definition) is 4. The van der Waals surface area contributed by atoms with Crippen molar-refractivity contribution in [3.8, 4) is 17.1 Å². The zero-order valence-electron chi connectivity index (χ0n) is 14.1. The number of amides is 1. The predicted molar refractivity (Wildman–Crippen MR) is 106 cm³/mol. The second-order valence-electron chi connectivity index (χ2n) is 5.55. The first kappa shape index (κ1) is 19.6. The summed E-state index contributed by atoms with van der Waals surface area (Å²) < 4.78 is 10.5. The van der Waals surface area contributed by atoms with Crippen molar-refractivity contribution in [3.63, 3.8) is 0 Å². The average Bonchev–Trinajstić information content (AvgIpc) is 3.10. The van der Waals surface area contributed by atoms with Gasteiger partial charge in [-0.25, -0.2) is 0 Å². The van der Waals surface area contributed by atoms with Crippen molar-refractivity contribution in [2.24, 2.45) is 0 Å². The van der Waals surface area contributed by atoms with Gasteiger partial charge in [-0.15, -0.1) is 0 Å². The number of anilines is 1. The highest BCUT2D eigenvalue weighted by Gasteiger charge is 2.15. The molecule has 140 valence electrons. The number of rotatable bonds is 5. The Hall–Kier alpha value is -2.18. The predicted octanol–water partition coefficient (Wildman–Crippen LogP) is 5.66. The summed E-state index contributed by atoms with van der Waals surface area (Å²) in [7, 11) is 1.44. The van der Waals surface area contributed by atoms with Gasteiger partial charge in [-0.05, 0) is 42.5 Å². The van der Waals surface area contributed by atoms with Crippen LogP contribution in [0.25, 0.3) is 11.3 Å². The first-order chi connectivity index (χ1) is 12.9. The molecule has 0 fully saturated rings. The van der Waals surface area contributed by atoms with E-state index >= 15 is 0 Å². The summed E-state index contributed by atoms with van der Waals surface area (Å²) in [5.74, 6) is 0.871. The van der Waals surface area contributed by atoms with Crippen molar-refractivity contribution in [2.75, 3.05) is 12.4 Å². The molecular weight excluding hydrogens is 413 g/mol. The first-order valence-corrected chi connectivity index (χ1v) is 8.90.